The second kappa shape index (κ2) is 13.3. The highest BCUT2D eigenvalue weighted by atomic mass is 16.6. The molecule has 0 saturated heterocycles. The number of hydrogen-bond acceptors (Lipinski definition) is 6. The van der Waals surface area contributed by atoms with Crippen molar-refractivity contribution in [3.8, 4) is 11.1 Å². The number of anilines is 2. The second-order valence-corrected chi connectivity index (χ2v) is 10.2. The number of hydrogen-bond donors (Lipinski definition) is 3. The van der Waals surface area contributed by atoms with Gasteiger partial charge in [0.1, 0.15) is 12.2 Å². The number of alkyl carbamates (subject to hydrolysis) is 1. The van der Waals surface area contributed by atoms with Gasteiger partial charge in [-0.2, -0.15) is 0 Å². The molecule has 0 aliphatic heterocycles. The molecule has 0 saturated carbocycles. The lowest BCUT2D eigenvalue weighted by molar-refractivity contribution is 0.0635. The number of carbonyl (C=O) groups is 3. The molecule has 3 amide bonds. The third kappa shape index (κ3) is 8.93. The fourth-order valence-corrected chi connectivity index (χ4v) is 3.81. The van der Waals surface area contributed by atoms with E-state index in [1.165, 1.54) is 0 Å². The van der Waals surface area contributed by atoms with Crippen LogP contribution in [0.5, 0.6) is 0 Å². The lowest BCUT2D eigenvalue weighted by atomic mass is 10.0. The molecule has 9 nitrogen and oxygen atoms in total. The Hall–Kier alpha value is -5.18. The summed E-state index contributed by atoms with van der Waals surface area (Å²) >= 11 is 0. The van der Waals surface area contributed by atoms with E-state index in [0.29, 0.717) is 16.9 Å². The van der Waals surface area contributed by atoms with Gasteiger partial charge in [0.25, 0.3) is 5.91 Å². The van der Waals surface area contributed by atoms with Gasteiger partial charge in [0, 0.05) is 30.1 Å². The molecule has 0 aliphatic carbocycles. The van der Waals surface area contributed by atoms with Crippen LogP contribution in [-0.2, 0) is 22.6 Å². The first-order chi connectivity index (χ1) is 19.7. The van der Waals surface area contributed by atoms with Crippen molar-refractivity contribution < 1.29 is 23.9 Å². The van der Waals surface area contributed by atoms with Crippen LogP contribution in [0.2, 0.25) is 0 Å². The van der Waals surface area contributed by atoms with E-state index in [4.69, 9.17) is 9.47 Å². The maximum absolute atomic E-state index is 13.2. The smallest absolute Gasteiger partial charge is 0.412 e. The number of pyridine rings is 1. The standard InChI is InChI=1S/C32H32N4O5/c1-32(2,3)41-31(39)36-27-16-15-26(24-9-5-4-6-10-24)18-28(27)35-29(37)25-13-11-22(12-14-25)20-34-30(38)40-21-23-8-7-17-33-19-23/h4-19H,20-21H2,1-3H3,(H,34,38)(H,35,37)(H,36,39). The van der Waals surface area contributed by atoms with Gasteiger partial charge in [-0.1, -0.05) is 54.6 Å². The van der Waals surface area contributed by atoms with Gasteiger partial charge in [-0.25, -0.2) is 9.59 Å². The molecule has 9 heteroatoms. The molecule has 4 rings (SSSR count). The number of benzene rings is 3. The van der Waals surface area contributed by atoms with Crippen molar-refractivity contribution in [3.05, 3.63) is 114 Å². The SMILES string of the molecule is CC(C)(C)OC(=O)Nc1ccc(-c2ccccc2)cc1NC(=O)c1ccc(CNC(=O)OCc2cccnc2)cc1. The largest absolute Gasteiger partial charge is 0.445 e. The van der Waals surface area contributed by atoms with Crippen LogP contribution in [0.25, 0.3) is 11.1 Å². The fraction of sp³-hybridized carbons (Fsp3) is 0.188. The summed E-state index contributed by atoms with van der Waals surface area (Å²) in [7, 11) is 0. The van der Waals surface area contributed by atoms with Gasteiger partial charge >= 0.3 is 12.2 Å². The van der Waals surface area contributed by atoms with Crippen molar-refractivity contribution in [1.29, 1.82) is 0 Å². The Morgan fingerprint density at radius 1 is 0.756 bits per heavy atom. The molecule has 4 aromatic rings. The van der Waals surface area contributed by atoms with E-state index in [0.717, 1.165) is 22.3 Å². The van der Waals surface area contributed by atoms with Crippen LogP contribution in [0.3, 0.4) is 0 Å². The van der Waals surface area contributed by atoms with Crippen LogP contribution in [-0.4, -0.2) is 28.7 Å². The highest BCUT2D eigenvalue weighted by Crippen LogP contribution is 2.30. The molecule has 1 aromatic heterocycles. The average molecular weight is 553 g/mol. The molecular formula is C32H32N4O5. The van der Waals surface area contributed by atoms with Crippen LogP contribution in [0.15, 0.2) is 97.3 Å². The Bertz CT molecular complexity index is 1480. The molecule has 0 spiro atoms. The minimum atomic E-state index is -0.676. The van der Waals surface area contributed by atoms with Crippen molar-refractivity contribution in [2.45, 2.75) is 39.5 Å². The van der Waals surface area contributed by atoms with Crippen LogP contribution in [0.1, 0.15) is 42.3 Å². The summed E-state index contributed by atoms with van der Waals surface area (Å²) < 4.78 is 10.6. The minimum Gasteiger partial charge on any atom is -0.445 e. The third-order valence-corrected chi connectivity index (χ3v) is 5.76. The highest BCUT2D eigenvalue weighted by Gasteiger charge is 2.18. The normalized spacial score (nSPS) is 10.8. The molecule has 41 heavy (non-hydrogen) atoms. The first kappa shape index (κ1) is 28.8. The van der Waals surface area contributed by atoms with Crippen LogP contribution in [0.4, 0.5) is 21.0 Å². The first-order valence-electron chi connectivity index (χ1n) is 13.1. The molecule has 0 fully saturated rings. The summed E-state index contributed by atoms with van der Waals surface area (Å²) in [5.74, 6) is -0.363. The lowest BCUT2D eigenvalue weighted by Gasteiger charge is -2.21. The number of nitrogens with one attached hydrogen (secondary N) is 3. The predicted molar refractivity (Wildman–Crippen MR) is 157 cm³/mol. The Balaban J connectivity index is 1.41. The Labute approximate surface area is 238 Å². The molecule has 0 unspecified atom stereocenters. The zero-order valence-corrected chi connectivity index (χ0v) is 23.1. The van der Waals surface area contributed by atoms with Crippen molar-refractivity contribution in [2.24, 2.45) is 0 Å². The zero-order chi connectivity index (χ0) is 29.2. The highest BCUT2D eigenvalue weighted by molar-refractivity contribution is 6.07. The summed E-state index contributed by atoms with van der Waals surface area (Å²) in [6, 6.07) is 25.5. The van der Waals surface area contributed by atoms with E-state index in [-0.39, 0.29) is 19.1 Å². The molecule has 0 bridgehead atoms. The van der Waals surface area contributed by atoms with Crippen LogP contribution in [0, 0.1) is 0 Å². The van der Waals surface area contributed by atoms with Crippen molar-refractivity contribution in [1.82, 2.24) is 10.3 Å². The maximum Gasteiger partial charge on any atom is 0.412 e. The number of carbonyl (C=O) groups excluding carboxylic acids is 3. The first-order valence-corrected chi connectivity index (χ1v) is 13.1. The van der Waals surface area contributed by atoms with E-state index in [1.54, 1.807) is 75.6 Å². The molecule has 1 heterocycles. The van der Waals surface area contributed by atoms with Gasteiger partial charge in [-0.05, 0) is 67.8 Å². The van der Waals surface area contributed by atoms with Gasteiger partial charge in [-0.15, -0.1) is 0 Å². The summed E-state index contributed by atoms with van der Waals surface area (Å²) in [5, 5.41) is 8.32. The van der Waals surface area contributed by atoms with Gasteiger partial charge in [0.2, 0.25) is 0 Å². The van der Waals surface area contributed by atoms with E-state index < -0.39 is 17.8 Å². The van der Waals surface area contributed by atoms with Crippen molar-refractivity contribution in [3.63, 3.8) is 0 Å². The molecule has 210 valence electrons. The molecular weight excluding hydrogens is 520 g/mol. The number of amides is 3. The number of rotatable bonds is 8. The van der Waals surface area contributed by atoms with Crippen LogP contribution < -0.4 is 16.0 Å². The zero-order valence-electron chi connectivity index (χ0n) is 23.1. The van der Waals surface area contributed by atoms with E-state index >= 15 is 0 Å². The third-order valence-electron chi connectivity index (χ3n) is 5.76. The van der Waals surface area contributed by atoms with Gasteiger partial charge < -0.3 is 20.1 Å². The number of aromatic nitrogens is 1. The number of ether oxygens (including phenoxy) is 2. The quantitative estimate of drug-likeness (QED) is 0.222. The van der Waals surface area contributed by atoms with E-state index in [9.17, 15) is 14.4 Å². The van der Waals surface area contributed by atoms with Gasteiger partial charge in [0.15, 0.2) is 0 Å². The monoisotopic (exact) mass is 552 g/mol. The van der Waals surface area contributed by atoms with Crippen LogP contribution >= 0.6 is 0 Å². The molecule has 0 aliphatic rings. The second-order valence-electron chi connectivity index (χ2n) is 10.2. The Morgan fingerprint density at radius 3 is 2.20 bits per heavy atom. The summed E-state index contributed by atoms with van der Waals surface area (Å²) in [6.45, 7) is 5.68. The van der Waals surface area contributed by atoms with Gasteiger partial charge in [-0.3, -0.25) is 15.1 Å². The predicted octanol–water partition coefficient (Wildman–Crippen LogP) is 6.77. The van der Waals surface area contributed by atoms with E-state index in [2.05, 4.69) is 20.9 Å². The molecule has 3 N–H and O–H groups in total. The Kier molecular flexibility index (Phi) is 9.32. The summed E-state index contributed by atoms with van der Waals surface area (Å²) in [5.41, 5.74) is 3.96. The summed E-state index contributed by atoms with van der Waals surface area (Å²) in [6.07, 6.45) is 2.09. The lowest BCUT2D eigenvalue weighted by Crippen LogP contribution is -2.27. The molecule has 0 radical (unpaired) electrons. The van der Waals surface area contributed by atoms with Crippen molar-refractivity contribution >= 4 is 29.5 Å². The van der Waals surface area contributed by atoms with Gasteiger partial charge in [0.05, 0.1) is 11.4 Å². The fourth-order valence-electron chi connectivity index (χ4n) is 3.81. The Morgan fingerprint density at radius 2 is 1.51 bits per heavy atom. The minimum absolute atomic E-state index is 0.120. The van der Waals surface area contributed by atoms with E-state index in [1.807, 2.05) is 42.5 Å². The maximum atomic E-state index is 13.2. The summed E-state index contributed by atoms with van der Waals surface area (Å²) in [4.78, 5) is 41.7. The van der Waals surface area contributed by atoms with Crippen molar-refractivity contribution in [2.75, 3.05) is 10.6 Å². The average Bonchev–Trinajstić information content (AvgIpc) is 2.96. The topological polar surface area (TPSA) is 119 Å². The molecule has 0 atom stereocenters. The molecule has 3 aromatic carbocycles. The number of nitrogens with zero attached hydrogens (tertiary/aromatic N) is 1.